The molecule has 0 radical (unpaired) electrons. The highest BCUT2D eigenvalue weighted by Gasteiger charge is 2.30. The van der Waals surface area contributed by atoms with Crippen LogP contribution in [0.1, 0.15) is 22.5 Å². The minimum atomic E-state index is -4.45. The van der Waals surface area contributed by atoms with Crippen LogP contribution in [0.15, 0.2) is 60.3 Å². The summed E-state index contributed by atoms with van der Waals surface area (Å²) < 4.78 is 45.9. The van der Waals surface area contributed by atoms with Gasteiger partial charge in [0.25, 0.3) is 0 Å². The summed E-state index contributed by atoms with van der Waals surface area (Å²) >= 11 is 1.20. The molecular weight excluding hydrogens is 453 g/mol. The number of nitrogens with one attached hydrogen (secondary N) is 1. The van der Waals surface area contributed by atoms with Gasteiger partial charge in [-0.2, -0.15) is 13.2 Å². The van der Waals surface area contributed by atoms with E-state index in [1.165, 1.54) is 23.9 Å². The van der Waals surface area contributed by atoms with E-state index in [1.807, 2.05) is 32.0 Å². The van der Waals surface area contributed by atoms with Crippen molar-refractivity contribution in [2.45, 2.75) is 38.3 Å². The van der Waals surface area contributed by atoms with Crippen molar-refractivity contribution in [3.05, 3.63) is 77.6 Å². The summed E-state index contributed by atoms with van der Waals surface area (Å²) in [6.07, 6.45) is -2.82. The molecule has 1 aromatic heterocycles. The molecule has 0 atom stereocenters. The third-order valence-electron chi connectivity index (χ3n) is 4.62. The van der Waals surface area contributed by atoms with Gasteiger partial charge in [0.2, 0.25) is 5.91 Å². The van der Waals surface area contributed by atoms with Crippen molar-refractivity contribution in [2.75, 3.05) is 11.1 Å². The number of hydrogen-bond donors (Lipinski definition) is 1. The third-order valence-corrected chi connectivity index (χ3v) is 5.59. The Labute approximate surface area is 193 Å². The molecular formula is C23H23F3N4O2S. The number of halogens is 3. The van der Waals surface area contributed by atoms with Crippen LogP contribution in [-0.2, 0) is 24.1 Å². The van der Waals surface area contributed by atoms with E-state index in [9.17, 15) is 18.0 Å². The van der Waals surface area contributed by atoms with E-state index in [1.54, 1.807) is 10.6 Å². The first kappa shape index (κ1) is 24.4. The first-order valence-electron chi connectivity index (χ1n) is 10.0. The standard InChI is InChI=1S/C23H23F3N4O2S/c1-4-10-30-20(13-32-18-7-5-6-17(12-18)23(24,25)26)28-29-22(30)33-14-21(31)27-19-9-8-15(2)11-16(19)3/h4-9,11-12H,1,10,13-14H2,2-3H3,(H,27,31). The summed E-state index contributed by atoms with van der Waals surface area (Å²) in [5.74, 6) is 0.392. The molecule has 174 valence electrons. The summed E-state index contributed by atoms with van der Waals surface area (Å²) in [4.78, 5) is 12.4. The minimum absolute atomic E-state index is 0.0695. The number of allylic oxidation sites excluding steroid dienone is 1. The van der Waals surface area contributed by atoms with E-state index in [2.05, 4.69) is 22.1 Å². The molecule has 1 amide bonds. The summed E-state index contributed by atoms with van der Waals surface area (Å²) in [6, 6.07) is 10.4. The molecule has 3 aromatic rings. The number of nitrogens with zero attached hydrogens (tertiary/aromatic N) is 3. The number of anilines is 1. The Balaban J connectivity index is 1.64. The van der Waals surface area contributed by atoms with Gasteiger partial charge in [-0.15, -0.1) is 16.8 Å². The maximum Gasteiger partial charge on any atom is 0.416 e. The topological polar surface area (TPSA) is 69.0 Å². The van der Waals surface area contributed by atoms with Gasteiger partial charge in [-0.05, 0) is 43.7 Å². The molecule has 1 heterocycles. The van der Waals surface area contributed by atoms with Crippen molar-refractivity contribution >= 4 is 23.4 Å². The van der Waals surface area contributed by atoms with Crippen LogP contribution in [0, 0.1) is 13.8 Å². The Morgan fingerprint density at radius 2 is 2.00 bits per heavy atom. The predicted octanol–water partition coefficient (Wildman–Crippen LogP) is 5.41. The molecule has 0 saturated heterocycles. The van der Waals surface area contributed by atoms with E-state index < -0.39 is 11.7 Å². The van der Waals surface area contributed by atoms with Crippen LogP contribution in [0.3, 0.4) is 0 Å². The second-order valence-corrected chi connectivity index (χ2v) is 8.21. The Morgan fingerprint density at radius 3 is 2.70 bits per heavy atom. The van der Waals surface area contributed by atoms with Crippen LogP contribution in [0.4, 0.5) is 18.9 Å². The Kier molecular flexibility index (Phi) is 7.80. The molecule has 10 heteroatoms. The summed E-state index contributed by atoms with van der Waals surface area (Å²) in [5.41, 5.74) is 2.03. The molecule has 0 aliphatic heterocycles. The Bertz CT molecular complexity index is 1140. The second kappa shape index (κ2) is 10.6. The molecule has 0 unspecified atom stereocenters. The first-order valence-corrected chi connectivity index (χ1v) is 11.0. The van der Waals surface area contributed by atoms with Gasteiger partial charge in [0.1, 0.15) is 12.4 Å². The maximum atomic E-state index is 12.9. The van der Waals surface area contributed by atoms with Gasteiger partial charge in [-0.25, -0.2) is 0 Å². The number of rotatable bonds is 9. The number of carbonyl (C=O) groups is 1. The lowest BCUT2D eigenvalue weighted by Crippen LogP contribution is -2.15. The highest BCUT2D eigenvalue weighted by molar-refractivity contribution is 7.99. The van der Waals surface area contributed by atoms with Gasteiger partial charge in [0, 0.05) is 12.2 Å². The van der Waals surface area contributed by atoms with E-state index in [0.29, 0.717) is 17.5 Å². The number of thioether (sulfide) groups is 1. The number of aryl methyl sites for hydroxylation is 2. The minimum Gasteiger partial charge on any atom is -0.486 e. The zero-order chi connectivity index (χ0) is 24.0. The molecule has 6 nitrogen and oxygen atoms in total. The average Bonchev–Trinajstić information content (AvgIpc) is 3.14. The molecule has 33 heavy (non-hydrogen) atoms. The number of amides is 1. The van der Waals surface area contributed by atoms with Crippen molar-refractivity contribution in [2.24, 2.45) is 0 Å². The number of benzene rings is 2. The molecule has 0 aliphatic rings. The van der Waals surface area contributed by atoms with Gasteiger partial charge >= 0.3 is 6.18 Å². The van der Waals surface area contributed by atoms with E-state index in [-0.39, 0.29) is 24.0 Å². The normalized spacial score (nSPS) is 11.3. The smallest absolute Gasteiger partial charge is 0.416 e. The SMILES string of the molecule is C=CCn1c(COc2cccc(C(F)(F)F)c2)nnc1SCC(=O)Nc1ccc(C)cc1C. The van der Waals surface area contributed by atoms with Crippen LogP contribution < -0.4 is 10.1 Å². The van der Waals surface area contributed by atoms with Crippen LogP contribution >= 0.6 is 11.8 Å². The fraction of sp³-hybridized carbons (Fsp3) is 0.261. The molecule has 2 aromatic carbocycles. The second-order valence-electron chi connectivity index (χ2n) is 7.27. The lowest BCUT2D eigenvalue weighted by atomic mass is 10.1. The quantitative estimate of drug-likeness (QED) is 0.330. The zero-order valence-corrected chi connectivity index (χ0v) is 19.0. The molecule has 0 aliphatic carbocycles. The maximum absolute atomic E-state index is 12.9. The third kappa shape index (κ3) is 6.61. The van der Waals surface area contributed by atoms with Crippen molar-refractivity contribution < 1.29 is 22.7 Å². The summed E-state index contributed by atoms with van der Waals surface area (Å²) in [6.45, 7) is 7.89. The number of alkyl halides is 3. The summed E-state index contributed by atoms with van der Waals surface area (Å²) in [7, 11) is 0. The van der Waals surface area contributed by atoms with Gasteiger partial charge in [0.05, 0.1) is 11.3 Å². The lowest BCUT2D eigenvalue weighted by Gasteiger charge is -2.11. The monoisotopic (exact) mass is 476 g/mol. The molecule has 0 saturated carbocycles. The molecule has 0 spiro atoms. The number of hydrogen-bond acceptors (Lipinski definition) is 5. The average molecular weight is 477 g/mol. The molecule has 3 rings (SSSR count). The van der Waals surface area contributed by atoms with E-state index in [0.717, 1.165) is 28.9 Å². The van der Waals surface area contributed by atoms with E-state index in [4.69, 9.17) is 4.74 Å². The van der Waals surface area contributed by atoms with Crippen molar-refractivity contribution in [3.63, 3.8) is 0 Å². The number of aromatic nitrogens is 3. The van der Waals surface area contributed by atoms with Crippen LogP contribution in [0.5, 0.6) is 5.75 Å². The fourth-order valence-corrected chi connectivity index (χ4v) is 3.79. The van der Waals surface area contributed by atoms with Gasteiger partial charge in [-0.3, -0.25) is 9.36 Å². The number of ether oxygens (including phenoxy) is 1. The largest absolute Gasteiger partial charge is 0.486 e. The van der Waals surface area contributed by atoms with Crippen molar-refractivity contribution in [1.82, 2.24) is 14.8 Å². The van der Waals surface area contributed by atoms with Gasteiger partial charge in [-0.1, -0.05) is 41.6 Å². The van der Waals surface area contributed by atoms with Crippen LogP contribution in [-0.4, -0.2) is 26.4 Å². The fourth-order valence-electron chi connectivity index (χ4n) is 3.03. The number of carbonyl (C=O) groups excluding carboxylic acids is 1. The molecule has 1 N–H and O–H groups in total. The van der Waals surface area contributed by atoms with Gasteiger partial charge < -0.3 is 10.1 Å². The van der Waals surface area contributed by atoms with Crippen molar-refractivity contribution in [1.29, 1.82) is 0 Å². The highest BCUT2D eigenvalue weighted by Crippen LogP contribution is 2.31. The van der Waals surface area contributed by atoms with Crippen LogP contribution in [0.25, 0.3) is 0 Å². The highest BCUT2D eigenvalue weighted by atomic mass is 32.2. The summed E-state index contributed by atoms with van der Waals surface area (Å²) in [5, 5.41) is 11.5. The van der Waals surface area contributed by atoms with Crippen molar-refractivity contribution in [3.8, 4) is 5.75 Å². The Morgan fingerprint density at radius 1 is 1.21 bits per heavy atom. The lowest BCUT2D eigenvalue weighted by molar-refractivity contribution is -0.137. The molecule has 0 fully saturated rings. The van der Waals surface area contributed by atoms with Gasteiger partial charge in [0.15, 0.2) is 11.0 Å². The molecule has 0 bridgehead atoms. The first-order chi connectivity index (χ1) is 15.7. The predicted molar refractivity (Wildman–Crippen MR) is 121 cm³/mol. The Hall–Kier alpha value is -3.27. The van der Waals surface area contributed by atoms with E-state index >= 15 is 0 Å². The van der Waals surface area contributed by atoms with Crippen LogP contribution in [0.2, 0.25) is 0 Å². The zero-order valence-electron chi connectivity index (χ0n) is 18.1.